The van der Waals surface area contributed by atoms with Gasteiger partial charge in [0.15, 0.2) is 0 Å². The smallest absolute Gasteiger partial charge is 0.221 e. The molecule has 0 amide bonds. The number of pyridine rings is 2. The van der Waals surface area contributed by atoms with Crippen LogP contribution in [0.1, 0.15) is 0 Å². The molecule has 40 heavy (non-hydrogen) atoms. The van der Waals surface area contributed by atoms with E-state index in [-0.39, 0.29) is 0 Å². The first-order valence-electron chi connectivity index (χ1n) is 13.4. The molecule has 4 aromatic heterocycles. The van der Waals surface area contributed by atoms with Crippen LogP contribution in [0.2, 0.25) is 0 Å². The predicted octanol–water partition coefficient (Wildman–Crippen LogP) is 8.35. The van der Waals surface area contributed by atoms with E-state index in [0.29, 0.717) is 0 Å². The molecule has 0 aliphatic carbocycles. The molecule has 0 aliphatic rings. The Morgan fingerprint density at radius 2 is 1.23 bits per heavy atom. The molecule has 9 aromatic rings. The molecule has 0 fully saturated rings. The van der Waals surface area contributed by atoms with Gasteiger partial charge < -0.3 is 0 Å². The Labute approximate surface area is 228 Å². The second-order valence-electron chi connectivity index (χ2n) is 10.2. The average molecular weight is 512 g/mol. The van der Waals surface area contributed by atoms with Gasteiger partial charge in [-0.25, -0.2) is 9.97 Å². The minimum Gasteiger partial charge on any atom is -0.276 e. The topological polar surface area (TPSA) is 48.0 Å². The highest BCUT2D eigenvalue weighted by Gasteiger charge is 2.20. The van der Waals surface area contributed by atoms with Crippen LogP contribution in [0.4, 0.5) is 0 Å². The van der Waals surface area contributed by atoms with Gasteiger partial charge in [0.1, 0.15) is 5.82 Å². The van der Waals surface area contributed by atoms with E-state index in [0.717, 1.165) is 61.0 Å². The quantitative estimate of drug-likeness (QED) is 0.219. The lowest BCUT2D eigenvalue weighted by Gasteiger charge is -2.11. The average Bonchev–Trinajstić information content (AvgIpc) is 3.55. The summed E-state index contributed by atoms with van der Waals surface area (Å²) in [7, 11) is 0. The van der Waals surface area contributed by atoms with E-state index in [1.807, 2.05) is 24.4 Å². The number of aromatic nitrogens is 5. The van der Waals surface area contributed by atoms with Crippen molar-refractivity contribution in [2.75, 3.05) is 0 Å². The van der Waals surface area contributed by atoms with Gasteiger partial charge in [-0.1, -0.05) is 78.9 Å². The highest BCUT2D eigenvalue weighted by molar-refractivity contribution is 6.23. The van der Waals surface area contributed by atoms with Crippen LogP contribution in [0.25, 0.3) is 77.4 Å². The molecule has 0 spiro atoms. The lowest BCUT2D eigenvalue weighted by Crippen LogP contribution is -1.99. The van der Waals surface area contributed by atoms with Crippen molar-refractivity contribution in [3.05, 3.63) is 128 Å². The number of hydrogen-bond acceptors (Lipinski definition) is 3. The van der Waals surface area contributed by atoms with E-state index in [1.165, 1.54) is 16.3 Å². The number of fused-ring (bicyclic) bond motifs is 11. The summed E-state index contributed by atoms with van der Waals surface area (Å²) in [5.74, 6) is 1.66. The van der Waals surface area contributed by atoms with E-state index in [1.54, 1.807) is 0 Å². The Morgan fingerprint density at radius 1 is 0.475 bits per heavy atom. The van der Waals surface area contributed by atoms with E-state index in [2.05, 4.69) is 112 Å². The van der Waals surface area contributed by atoms with Gasteiger partial charge in [0, 0.05) is 17.0 Å². The molecule has 0 radical (unpaired) electrons. The van der Waals surface area contributed by atoms with Crippen molar-refractivity contribution < 1.29 is 0 Å². The Balaban J connectivity index is 1.41. The second kappa shape index (κ2) is 7.98. The highest BCUT2D eigenvalue weighted by atomic mass is 15.2. The van der Waals surface area contributed by atoms with Gasteiger partial charge in [-0.2, -0.15) is 0 Å². The Bertz CT molecular complexity index is 2400. The third-order valence-electron chi connectivity index (χ3n) is 7.96. The Morgan fingerprint density at radius 3 is 2.10 bits per heavy atom. The van der Waals surface area contributed by atoms with Crippen molar-refractivity contribution in [1.29, 1.82) is 0 Å². The molecule has 186 valence electrons. The van der Waals surface area contributed by atoms with E-state index < -0.39 is 0 Å². The van der Waals surface area contributed by atoms with Crippen molar-refractivity contribution in [1.82, 2.24) is 23.9 Å². The molecule has 5 nitrogen and oxygen atoms in total. The molecule has 0 saturated heterocycles. The van der Waals surface area contributed by atoms with Crippen molar-refractivity contribution in [3.63, 3.8) is 0 Å². The second-order valence-corrected chi connectivity index (χ2v) is 10.2. The van der Waals surface area contributed by atoms with Crippen LogP contribution < -0.4 is 0 Å². The maximum atomic E-state index is 5.29. The van der Waals surface area contributed by atoms with Gasteiger partial charge in [0.2, 0.25) is 5.78 Å². The minimum absolute atomic E-state index is 0.817. The number of para-hydroxylation sites is 2. The summed E-state index contributed by atoms with van der Waals surface area (Å²) in [6.45, 7) is 0. The lowest BCUT2D eigenvalue weighted by molar-refractivity contribution is 1.06. The van der Waals surface area contributed by atoms with Gasteiger partial charge in [0.05, 0.1) is 33.1 Å². The predicted molar refractivity (Wildman–Crippen MR) is 163 cm³/mol. The molecule has 0 atom stereocenters. The fourth-order valence-electron chi connectivity index (χ4n) is 6.17. The first kappa shape index (κ1) is 21.4. The Hall–Kier alpha value is -5.55. The number of hydrogen-bond donors (Lipinski definition) is 0. The van der Waals surface area contributed by atoms with Crippen LogP contribution in [-0.2, 0) is 0 Å². The summed E-state index contributed by atoms with van der Waals surface area (Å²) in [5.41, 5.74) is 8.32. The first-order valence-corrected chi connectivity index (χ1v) is 13.4. The van der Waals surface area contributed by atoms with E-state index in [4.69, 9.17) is 15.0 Å². The van der Waals surface area contributed by atoms with E-state index in [9.17, 15) is 0 Å². The van der Waals surface area contributed by atoms with Crippen LogP contribution in [-0.4, -0.2) is 23.9 Å². The zero-order chi connectivity index (χ0) is 26.2. The molecule has 0 saturated carbocycles. The van der Waals surface area contributed by atoms with Crippen molar-refractivity contribution in [2.45, 2.75) is 0 Å². The van der Waals surface area contributed by atoms with Gasteiger partial charge in [-0.05, 0) is 64.4 Å². The third-order valence-corrected chi connectivity index (χ3v) is 7.96. The summed E-state index contributed by atoms with van der Waals surface area (Å²) >= 11 is 0. The fourth-order valence-corrected chi connectivity index (χ4v) is 6.17. The first-order chi connectivity index (χ1) is 19.8. The van der Waals surface area contributed by atoms with Gasteiger partial charge in [0.25, 0.3) is 0 Å². The molecule has 5 aromatic carbocycles. The number of rotatable bonds is 2. The summed E-state index contributed by atoms with van der Waals surface area (Å²) in [5, 5.41) is 4.57. The molecule has 9 rings (SSSR count). The molecular weight excluding hydrogens is 490 g/mol. The highest BCUT2D eigenvalue weighted by Crippen LogP contribution is 2.36. The summed E-state index contributed by atoms with van der Waals surface area (Å²) in [6.07, 6.45) is 1.85. The summed E-state index contributed by atoms with van der Waals surface area (Å²) in [4.78, 5) is 15.2. The van der Waals surface area contributed by atoms with E-state index >= 15 is 0 Å². The number of imidazole rings is 2. The molecular formula is C35H21N5. The van der Waals surface area contributed by atoms with Crippen LogP contribution in [0.15, 0.2) is 128 Å². The third kappa shape index (κ3) is 2.89. The summed E-state index contributed by atoms with van der Waals surface area (Å²) < 4.78 is 4.42. The fraction of sp³-hybridized carbons (Fsp3) is 0. The van der Waals surface area contributed by atoms with Crippen molar-refractivity contribution in [2.24, 2.45) is 0 Å². The molecule has 0 bridgehead atoms. The maximum absolute atomic E-state index is 5.29. The Kier molecular flexibility index (Phi) is 4.27. The molecule has 0 unspecified atom stereocenters. The van der Waals surface area contributed by atoms with Gasteiger partial charge >= 0.3 is 0 Å². The number of benzene rings is 5. The monoisotopic (exact) mass is 511 g/mol. The molecule has 5 heteroatoms. The van der Waals surface area contributed by atoms with Gasteiger partial charge in [-0.15, -0.1) is 0 Å². The van der Waals surface area contributed by atoms with Crippen LogP contribution in [0, 0.1) is 0 Å². The zero-order valence-corrected chi connectivity index (χ0v) is 21.4. The molecule has 0 aliphatic heterocycles. The molecule has 4 heterocycles. The standard InChI is InChI=1S/C35H21N5/c1-2-9-22(10-3-1)23-16-18-30-31(21-23)39-29-15-7-6-14-28(29)37-35(39)40(30)32-19-17-27-25-12-5-4-11-24(25)26-13-8-20-36-33(26)34(27)38-32/h1-21H. The minimum atomic E-state index is 0.817. The lowest BCUT2D eigenvalue weighted by atomic mass is 10.00. The summed E-state index contributed by atoms with van der Waals surface area (Å²) in [6, 6.07) is 42.3. The number of nitrogens with zero attached hydrogens (tertiary/aromatic N) is 5. The van der Waals surface area contributed by atoms with Crippen LogP contribution in [0.5, 0.6) is 0 Å². The maximum Gasteiger partial charge on any atom is 0.221 e. The SMILES string of the molecule is c1ccc(-c2ccc3c(c2)n2c4ccccc4nc2n3-c2ccc3c4ccccc4c4cccnc4c3n2)cc1. The van der Waals surface area contributed by atoms with Crippen LogP contribution >= 0.6 is 0 Å². The molecule has 0 N–H and O–H groups in total. The van der Waals surface area contributed by atoms with Crippen molar-refractivity contribution in [3.8, 4) is 16.9 Å². The van der Waals surface area contributed by atoms with Gasteiger partial charge in [-0.3, -0.25) is 14.0 Å². The van der Waals surface area contributed by atoms with Crippen LogP contribution in [0.3, 0.4) is 0 Å². The zero-order valence-electron chi connectivity index (χ0n) is 21.4. The largest absolute Gasteiger partial charge is 0.276 e. The van der Waals surface area contributed by atoms with Crippen molar-refractivity contribution >= 4 is 60.4 Å². The normalized spacial score (nSPS) is 12.0.